The van der Waals surface area contributed by atoms with E-state index in [-0.39, 0.29) is 0 Å². The Hall–Kier alpha value is -1.33. The third-order valence-electron chi connectivity index (χ3n) is 3.22. The van der Waals surface area contributed by atoms with E-state index in [0.717, 1.165) is 19.6 Å². The minimum Gasteiger partial charge on any atom is -0.298 e. The molecular weight excluding hydrogens is 232 g/mol. The van der Waals surface area contributed by atoms with Gasteiger partial charge in [0.1, 0.15) is 0 Å². The van der Waals surface area contributed by atoms with Crippen LogP contribution in [0.25, 0.3) is 0 Å². The minimum atomic E-state index is 0.583. The van der Waals surface area contributed by atoms with Crippen LogP contribution in [0.4, 0.5) is 0 Å². The summed E-state index contributed by atoms with van der Waals surface area (Å²) in [5.74, 6) is 1.22. The van der Waals surface area contributed by atoms with Crippen LogP contribution in [0.2, 0.25) is 0 Å². The zero-order chi connectivity index (χ0) is 14.3. The van der Waals surface area contributed by atoms with E-state index in [9.17, 15) is 0 Å². The van der Waals surface area contributed by atoms with E-state index in [1.807, 2.05) is 0 Å². The summed E-state index contributed by atoms with van der Waals surface area (Å²) in [4.78, 5) is 2.37. The van der Waals surface area contributed by atoms with Gasteiger partial charge in [-0.05, 0) is 23.0 Å². The molecule has 2 nitrogen and oxygen atoms in total. The van der Waals surface area contributed by atoms with Crippen molar-refractivity contribution in [2.75, 3.05) is 13.1 Å². The molecule has 104 valence electrons. The van der Waals surface area contributed by atoms with Gasteiger partial charge in [-0.25, -0.2) is 0 Å². The van der Waals surface area contributed by atoms with Crippen LogP contribution in [-0.2, 0) is 6.54 Å². The molecule has 0 saturated carbocycles. The van der Waals surface area contributed by atoms with Gasteiger partial charge in [-0.3, -0.25) is 4.90 Å². The monoisotopic (exact) mass is 258 g/mol. The quantitative estimate of drug-likeness (QED) is 0.733. The Bertz CT molecular complexity index is 398. The number of hydrogen-bond donors (Lipinski definition) is 0. The number of nitrogens with zero attached hydrogens (tertiary/aromatic N) is 2. The highest BCUT2D eigenvalue weighted by atomic mass is 15.1. The molecule has 1 aromatic carbocycles. The fourth-order valence-corrected chi connectivity index (χ4v) is 2.23. The lowest BCUT2D eigenvalue weighted by Gasteiger charge is -2.23. The second-order valence-corrected chi connectivity index (χ2v) is 5.93. The lowest BCUT2D eigenvalue weighted by Crippen LogP contribution is -2.28. The summed E-state index contributed by atoms with van der Waals surface area (Å²) in [5, 5.41) is 8.74. The smallest absolute Gasteiger partial charge is 0.0635 e. The third kappa shape index (κ3) is 5.89. The van der Waals surface area contributed by atoms with E-state index < -0.39 is 0 Å². The van der Waals surface area contributed by atoms with Gasteiger partial charge in [-0.2, -0.15) is 5.26 Å². The molecule has 0 bridgehead atoms. The lowest BCUT2D eigenvalue weighted by molar-refractivity contribution is 0.241. The standard InChI is InChI=1S/C17H26N2/c1-14(2)12-19(11-5-10-18)13-16-6-8-17(9-7-16)15(3)4/h6-9,14-15H,5,11-13H2,1-4H3. The Morgan fingerprint density at radius 2 is 1.74 bits per heavy atom. The molecule has 0 atom stereocenters. The van der Waals surface area contributed by atoms with Crippen LogP contribution in [0, 0.1) is 17.2 Å². The van der Waals surface area contributed by atoms with Gasteiger partial charge in [-0.1, -0.05) is 52.0 Å². The maximum absolute atomic E-state index is 8.74. The minimum absolute atomic E-state index is 0.583. The molecule has 0 saturated heterocycles. The Balaban J connectivity index is 2.64. The average Bonchev–Trinajstić information content (AvgIpc) is 2.36. The summed E-state index contributed by atoms with van der Waals surface area (Å²) in [6, 6.07) is 11.1. The molecule has 0 N–H and O–H groups in total. The molecule has 1 rings (SSSR count). The van der Waals surface area contributed by atoms with Gasteiger partial charge < -0.3 is 0 Å². The van der Waals surface area contributed by atoms with Gasteiger partial charge in [0.25, 0.3) is 0 Å². The van der Waals surface area contributed by atoms with Gasteiger partial charge in [0.15, 0.2) is 0 Å². The summed E-state index contributed by atoms with van der Waals surface area (Å²) < 4.78 is 0. The van der Waals surface area contributed by atoms with E-state index in [1.54, 1.807) is 0 Å². The molecule has 0 fully saturated rings. The van der Waals surface area contributed by atoms with Crippen molar-refractivity contribution in [1.82, 2.24) is 4.90 Å². The number of hydrogen-bond acceptors (Lipinski definition) is 2. The largest absolute Gasteiger partial charge is 0.298 e. The molecule has 0 unspecified atom stereocenters. The van der Waals surface area contributed by atoms with Gasteiger partial charge >= 0.3 is 0 Å². The van der Waals surface area contributed by atoms with Crippen molar-refractivity contribution in [1.29, 1.82) is 5.26 Å². The number of nitriles is 1. The van der Waals surface area contributed by atoms with Gasteiger partial charge in [-0.15, -0.1) is 0 Å². The Morgan fingerprint density at radius 1 is 1.11 bits per heavy atom. The van der Waals surface area contributed by atoms with Crippen LogP contribution < -0.4 is 0 Å². The fraction of sp³-hybridized carbons (Fsp3) is 0.588. The third-order valence-corrected chi connectivity index (χ3v) is 3.22. The maximum Gasteiger partial charge on any atom is 0.0635 e. The highest BCUT2D eigenvalue weighted by Gasteiger charge is 2.08. The summed E-state index contributed by atoms with van der Waals surface area (Å²) in [6.45, 7) is 11.7. The van der Waals surface area contributed by atoms with Crippen molar-refractivity contribution in [2.45, 2.75) is 46.6 Å². The molecule has 19 heavy (non-hydrogen) atoms. The highest BCUT2D eigenvalue weighted by Crippen LogP contribution is 2.16. The second-order valence-electron chi connectivity index (χ2n) is 5.93. The molecule has 0 spiro atoms. The molecule has 0 heterocycles. The molecule has 1 aromatic rings. The first-order valence-corrected chi connectivity index (χ1v) is 7.21. The first kappa shape index (κ1) is 15.7. The van der Waals surface area contributed by atoms with Crippen LogP contribution in [0.15, 0.2) is 24.3 Å². The van der Waals surface area contributed by atoms with Crippen LogP contribution in [0.5, 0.6) is 0 Å². The van der Waals surface area contributed by atoms with E-state index in [4.69, 9.17) is 5.26 Å². The molecule has 0 radical (unpaired) electrons. The van der Waals surface area contributed by atoms with Crippen LogP contribution >= 0.6 is 0 Å². The van der Waals surface area contributed by atoms with Gasteiger partial charge in [0.05, 0.1) is 6.07 Å². The predicted octanol–water partition coefficient (Wildman–Crippen LogP) is 4.18. The average molecular weight is 258 g/mol. The van der Waals surface area contributed by atoms with Crippen molar-refractivity contribution < 1.29 is 0 Å². The number of benzene rings is 1. The Morgan fingerprint density at radius 3 is 2.21 bits per heavy atom. The normalized spacial score (nSPS) is 11.3. The predicted molar refractivity (Wildman–Crippen MR) is 80.9 cm³/mol. The summed E-state index contributed by atoms with van der Waals surface area (Å²) in [7, 11) is 0. The molecule has 0 aliphatic rings. The van der Waals surface area contributed by atoms with Crippen molar-refractivity contribution in [2.24, 2.45) is 5.92 Å². The molecule has 0 amide bonds. The SMILES string of the molecule is CC(C)CN(CCC#N)Cc1ccc(C(C)C)cc1. The second kappa shape index (κ2) is 7.96. The van der Waals surface area contributed by atoms with Crippen LogP contribution in [0.3, 0.4) is 0 Å². The summed E-state index contributed by atoms with van der Waals surface area (Å²) in [5.41, 5.74) is 2.72. The zero-order valence-electron chi connectivity index (χ0n) is 12.7. The number of rotatable bonds is 7. The van der Waals surface area contributed by atoms with Crippen LogP contribution in [-0.4, -0.2) is 18.0 Å². The first-order chi connectivity index (χ1) is 9.02. The summed E-state index contributed by atoms with van der Waals surface area (Å²) in [6.07, 6.45) is 0.608. The van der Waals surface area contributed by atoms with Gasteiger partial charge in [0.2, 0.25) is 0 Å². The van der Waals surface area contributed by atoms with E-state index in [0.29, 0.717) is 18.3 Å². The molecule has 0 aromatic heterocycles. The van der Waals surface area contributed by atoms with Crippen molar-refractivity contribution >= 4 is 0 Å². The Kier molecular flexibility index (Phi) is 6.59. The summed E-state index contributed by atoms with van der Waals surface area (Å²) >= 11 is 0. The lowest BCUT2D eigenvalue weighted by atomic mass is 10.0. The molecule has 0 aliphatic heterocycles. The maximum atomic E-state index is 8.74. The van der Waals surface area contributed by atoms with Gasteiger partial charge in [0, 0.05) is 26.1 Å². The van der Waals surface area contributed by atoms with Crippen molar-refractivity contribution in [3.05, 3.63) is 35.4 Å². The van der Waals surface area contributed by atoms with E-state index in [2.05, 4.69) is 62.9 Å². The van der Waals surface area contributed by atoms with E-state index in [1.165, 1.54) is 11.1 Å². The van der Waals surface area contributed by atoms with Crippen molar-refractivity contribution in [3.63, 3.8) is 0 Å². The molecule has 0 aliphatic carbocycles. The zero-order valence-corrected chi connectivity index (χ0v) is 12.7. The molecular formula is C17H26N2. The topological polar surface area (TPSA) is 27.0 Å². The Labute approximate surface area is 118 Å². The first-order valence-electron chi connectivity index (χ1n) is 7.21. The molecule has 2 heteroatoms. The highest BCUT2D eigenvalue weighted by molar-refractivity contribution is 5.24. The van der Waals surface area contributed by atoms with Crippen LogP contribution in [0.1, 0.15) is 51.2 Å². The van der Waals surface area contributed by atoms with Crippen molar-refractivity contribution in [3.8, 4) is 6.07 Å². The van der Waals surface area contributed by atoms with E-state index >= 15 is 0 Å². The fourth-order valence-electron chi connectivity index (χ4n) is 2.23.